The fourth-order valence-electron chi connectivity index (χ4n) is 3.32. The number of hydrogen-bond donors (Lipinski definition) is 2. The summed E-state index contributed by atoms with van der Waals surface area (Å²) in [6.07, 6.45) is 4.62. The van der Waals surface area contributed by atoms with Crippen LogP contribution in [0.4, 0.5) is 11.4 Å². The third-order valence-corrected chi connectivity index (χ3v) is 4.57. The second kappa shape index (κ2) is 7.86. The van der Waals surface area contributed by atoms with E-state index in [0.717, 1.165) is 24.2 Å². The Hall–Kier alpha value is -2.49. The van der Waals surface area contributed by atoms with Crippen LogP contribution in [0.3, 0.4) is 0 Å². The van der Waals surface area contributed by atoms with Crippen molar-refractivity contribution in [1.29, 1.82) is 0 Å². The van der Waals surface area contributed by atoms with E-state index in [9.17, 15) is 4.79 Å². The summed E-state index contributed by atoms with van der Waals surface area (Å²) >= 11 is 0. The average Bonchev–Trinajstić information content (AvgIpc) is 2.64. The topological polar surface area (TPSA) is 50.4 Å². The first kappa shape index (κ1) is 16.4. The van der Waals surface area contributed by atoms with Gasteiger partial charge in [-0.2, -0.15) is 0 Å². The molecule has 3 rings (SSSR count). The van der Waals surface area contributed by atoms with E-state index >= 15 is 0 Å². The number of para-hydroxylation sites is 2. The third kappa shape index (κ3) is 3.88. The summed E-state index contributed by atoms with van der Waals surface area (Å²) in [4.78, 5) is 12.0. The lowest BCUT2D eigenvalue weighted by atomic mass is 9.89. The summed E-state index contributed by atoms with van der Waals surface area (Å²) in [7, 11) is 1.42. The third-order valence-electron chi connectivity index (χ3n) is 4.57. The van der Waals surface area contributed by atoms with Gasteiger partial charge >= 0.3 is 5.97 Å². The molecule has 126 valence electrons. The first-order chi connectivity index (χ1) is 11.8. The van der Waals surface area contributed by atoms with Gasteiger partial charge in [0.1, 0.15) is 0 Å². The summed E-state index contributed by atoms with van der Waals surface area (Å²) in [5.74, 6) is -0.304. The molecule has 1 aliphatic rings. The molecule has 2 aromatic carbocycles. The molecule has 0 aliphatic heterocycles. The SMILES string of the molecule is COC(=O)c1ccccc1N[C@H]1CCCC[C@@H]1Nc1ccccc1. The van der Waals surface area contributed by atoms with E-state index in [2.05, 4.69) is 22.8 Å². The van der Waals surface area contributed by atoms with Gasteiger partial charge in [-0.1, -0.05) is 43.2 Å². The van der Waals surface area contributed by atoms with E-state index < -0.39 is 0 Å². The minimum absolute atomic E-state index is 0.282. The number of hydrogen-bond acceptors (Lipinski definition) is 4. The van der Waals surface area contributed by atoms with Crippen LogP contribution in [-0.2, 0) is 4.74 Å². The normalized spacial score (nSPS) is 20.2. The van der Waals surface area contributed by atoms with Crippen molar-refractivity contribution in [3.8, 4) is 0 Å². The molecule has 24 heavy (non-hydrogen) atoms. The largest absolute Gasteiger partial charge is 0.465 e. The van der Waals surface area contributed by atoms with Crippen LogP contribution in [-0.4, -0.2) is 25.2 Å². The molecular weight excluding hydrogens is 300 g/mol. The van der Waals surface area contributed by atoms with Crippen molar-refractivity contribution in [3.05, 3.63) is 60.2 Å². The molecule has 1 saturated carbocycles. The zero-order chi connectivity index (χ0) is 16.8. The van der Waals surface area contributed by atoms with Crippen molar-refractivity contribution >= 4 is 17.3 Å². The van der Waals surface area contributed by atoms with Gasteiger partial charge < -0.3 is 15.4 Å². The highest BCUT2D eigenvalue weighted by atomic mass is 16.5. The van der Waals surface area contributed by atoms with Crippen LogP contribution < -0.4 is 10.6 Å². The predicted molar refractivity (Wildman–Crippen MR) is 97.5 cm³/mol. The van der Waals surface area contributed by atoms with E-state index in [4.69, 9.17) is 4.74 Å². The molecule has 4 nitrogen and oxygen atoms in total. The lowest BCUT2D eigenvalue weighted by molar-refractivity contribution is 0.0601. The van der Waals surface area contributed by atoms with Gasteiger partial charge in [-0.15, -0.1) is 0 Å². The minimum atomic E-state index is -0.304. The smallest absolute Gasteiger partial charge is 0.339 e. The fourth-order valence-corrected chi connectivity index (χ4v) is 3.32. The van der Waals surface area contributed by atoms with Crippen molar-refractivity contribution in [2.75, 3.05) is 17.7 Å². The molecule has 0 heterocycles. The number of benzene rings is 2. The molecule has 0 unspecified atom stereocenters. The molecule has 1 fully saturated rings. The van der Waals surface area contributed by atoms with Crippen molar-refractivity contribution in [2.24, 2.45) is 0 Å². The summed E-state index contributed by atoms with van der Waals surface area (Å²) in [5.41, 5.74) is 2.57. The molecule has 0 radical (unpaired) electrons. The second-order valence-electron chi connectivity index (χ2n) is 6.19. The number of esters is 1. The number of methoxy groups -OCH3 is 1. The maximum absolute atomic E-state index is 12.0. The van der Waals surface area contributed by atoms with E-state index in [1.165, 1.54) is 20.0 Å². The monoisotopic (exact) mass is 324 g/mol. The summed E-state index contributed by atoms with van der Waals surface area (Å²) in [6, 6.07) is 18.5. The van der Waals surface area contributed by atoms with Gasteiger partial charge in [-0.3, -0.25) is 0 Å². The van der Waals surface area contributed by atoms with Crippen LogP contribution in [0, 0.1) is 0 Å². The van der Waals surface area contributed by atoms with Gasteiger partial charge in [0.05, 0.1) is 12.7 Å². The molecular formula is C20H24N2O2. The Labute approximate surface area is 143 Å². The number of ether oxygens (including phenoxy) is 1. The molecule has 2 N–H and O–H groups in total. The Bertz CT molecular complexity index is 672. The number of carbonyl (C=O) groups excluding carboxylic acids is 1. The maximum Gasteiger partial charge on any atom is 0.339 e. The molecule has 2 atom stereocenters. The Kier molecular flexibility index (Phi) is 5.36. The minimum Gasteiger partial charge on any atom is -0.465 e. The number of anilines is 2. The van der Waals surface area contributed by atoms with Gasteiger partial charge in [0, 0.05) is 23.5 Å². The van der Waals surface area contributed by atoms with E-state index in [1.54, 1.807) is 6.07 Å². The number of carbonyl (C=O) groups is 1. The summed E-state index contributed by atoms with van der Waals surface area (Å²) in [6.45, 7) is 0. The molecule has 0 spiro atoms. The van der Waals surface area contributed by atoms with Crippen LogP contribution in [0.2, 0.25) is 0 Å². The van der Waals surface area contributed by atoms with Gasteiger partial charge in [0.25, 0.3) is 0 Å². The Morgan fingerprint density at radius 3 is 2.25 bits per heavy atom. The first-order valence-corrected chi connectivity index (χ1v) is 8.53. The van der Waals surface area contributed by atoms with Crippen molar-refractivity contribution < 1.29 is 9.53 Å². The molecule has 1 aliphatic carbocycles. The van der Waals surface area contributed by atoms with Crippen molar-refractivity contribution in [1.82, 2.24) is 0 Å². The summed E-state index contributed by atoms with van der Waals surface area (Å²) < 4.78 is 4.89. The average molecular weight is 324 g/mol. The highest BCUT2D eigenvalue weighted by molar-refractivity contribution is 5.95. The van der Waals surface area contributed by atoms with Crippen molar-refractivity contribution in [2.45, 2.75) is 37.8 Å². The lowest BCUT2D eigenvalue weighted by Gasteiger charge is -2.34. The molecule has 0 bridgehead atoms. The van der Waals surface area contributed by atoms with Gasteiger partial charge in [0.2, 0.25) is 0 Å². The zero-order valence-electron chi connectivity index (χ0n) is 14.0. The summed E-state index contributed by atoms with van der Waals surface area (Å²) in [5, 5.41) is 7.21. The van der Waals surface area contributed by atoms with Crippen LogP contribution in [0.15, 0.2) is 54.6 Å². The molecule has 0 aromatic heterocycles. The lowest BCUT2D eigenvalue weighted by Crippen LogP contribution is -2.42. The van der Waals surface area contributed by atoms with E-state index in [-0.39, 0.29) is 12.0 Å². The fraction of sp³-hybridized carbons (Fsp3) is 0.350. The van der Waals surface area contributed by atoms with Crippen LogP contribution >= 0.6 is 0 Å². The van der Waals surface area contributed by atoms with Crippen LogP contribution in [0.1, 0.15) is 36.0 Å². The standard InChI is InChI=1S/C20H24N2O2/c1-24-20(23)16-11-5-6-12-17(16)22-19-14-8-7-13-18(19)21-15-9-3-2-4-10-15/h2-6,9-12,18-19,21-22H,7-8,13-14H2,1H3/t18-,19-/m0/s1. The Balaban J connectivity index is 1.76. The maximum atomic E-state index is 12.0. The predicted octanol–water partition coefficient (Wildman–Crippen LogP) is 4.31. The highest BCUT2D eigenvalue weighted by Crippen LogP contribution is 2.27. The Morgan fingerprint density at radius 2 is 1.54 bits per heavy atom. The van der Waals surface area contributed by atoms with Crippen molar-refractivity contribution in [3.63, 3.8) is 0 Å². The quantitative estimate of drug-likeness (QED) is 0.805. The first-order valence-electron chi connectivity index (χ1n) is 8.53. The van der Waals surface area contributed by atoms with E-state index in [0.29, 0.717) is 11.6 Å². The van der Waals surface area contributed by atoms with Gasteiger partial charge in [-0.05, 0) is 37.1 Å². The zero-order valence-corrected chi connectivity index (χ0v) is 14.0. The second-order valence-corrected chi connectivity index (χ2v) is 6.19. The number of rotatable bonds is 5. The van der Waals surface area contributed by atoms with Crippen LogP contribution in [0.25, 0.3) is 0 Å². The van der Waals surface area contributed by atoms with Gasteiger partial charge in [0.15, 0.2) is 0 Å². The Morgan fingerprint density at radius 1 is 0.917 bits per heavy atom. The molecule has 2 aromatic rings. The highest BCUT2D eigenvalue weighted by Gasteiger charge is 2.26. The molecule has 4 heteroatoms. The van der Waals surface area contributed by atoms with Gasteiger partial charge in [-0.25, -0.2) is 4.79 Å². The molecule has 0 amide bonds. The number of nitrogens with one attached hydrogen (secondary N) is 2. The molecule has 0 saturated heterocycles. The van der Waals surface area contributed by atoms with Crippen LogP contribution in [0.5, 0.6) is 0 Å². The van der Waals surface area contributed by atoms with E-state index in [1.807, 2.05) is 36.4 Å².